The third-order valence-corrected chi connectivity index (χ3v) is 5.89. The Bertz CT molecular complexity index is 1050. The predicted octanol–water partition coefficient (Wildman–Crippen LogP) is 4.03. The Morgan fingerprint density at radius 2 is 1.61 bits per heavy atom. The second-order valence-corrected chi connectivity index (χ2v) is 7.68. The molecule has 28 heavy (non-hydrogen) atoms. The van der Waals surface area contributed by atoms with Crippen LogP contribution >= 0.6 is 23.2 Å². The van der Waals surface area contributed by atoms with Gasteiger partial charge in [0.15, 0.2) is 0 Å². The van der Waals surface area contributed by atoms with Gasteiger partial charge in [-0.1, -0.05) is 59.6 Å². The van der Waals surface area contributed by atoms with Crippen LogP contribution in [0.5, 0.6) is 0 Å². The molecular weight excluding hydrogens is 397 g/mol. The number of aliphatic hydroxyl groups is 1. The molecule has 4 rings (SSSR count). The van der Waals surface area contributed by atoms with E-state index in [2.05, 4.69) is 5.10 Å². The van der Waals surface area contributed by atoms with Gasteiger partial charge in [0.2, 0.25) is 0 Å². The monoisotopic (exact) mass is 415 g/mol. The molecule has 3 aromatic rings. The first kappa shape index (κ1) is 19.0. The van der Waals surface area contributed by atoms with Crippen molar-refractivity contribution in [3.8, 4) is 5.69 Å². The molecule has 1 aliphatic rings. The van der Waals surface area contributed by atoms with E-state index in [-0.39, 0.29) is 10.6 Å². The van der Waals surface area contributed by atoms with Crippen molar-refractivity contribution in [1.82, 2.24) is 9.78 Å². The van der Waals surface area contributed by atoms with E-state index in [9.17, 15) is 9.90 Å². The molecule has 1 fully saturated rings. The molecule has 0 saturated carbocycles. The summed E-state index contributed by atoms with van der Waals surface area (Å²) in [7, 11) is 0. The van der Waals surface area contributed by atoms with Gasteiger partial charge < -0.3 is 10.0 Å². The highest BCUT2D eigenvalue weighted by Crippen LogP contribution is 2.38. The molecule has 1 aliphatic heterocycles. The fourth-order valence-electron chi connectivity index (χ4n) is 3.62. The van der Waals surface area contributed by atoms with Crippen molar-refractivity contribution in [3.63, 3.8) is 0 Å². The van der Waals surface area contributed by atoms with Crippen LogP contribution in [-0.4, -0.2) is 28.0 Å². The molecular formula is C21H19Cl2N3O2. The fraction of sp³-hybridized carbons (Fsp3) is 0.238. The molecule has 2 heterocycles. The number of para-hydroxylation sites is 1. The molecule has 2 aromatic carbocycles. The molecule has 0 bridgehead atoms. The quantitative estimate of drug-likeness (QED) is 0.701. The van der Waals surface area contributed by atoms with Gasteiger partial charge in [-0.25, -0.2) is 0 Å². The minimum absolute atomic E-state index is 0.127. The first-order chi connectivity index (χ1) is 13.5. The minimum atomic E-state index is -0.992. The van der Waals surface area contributed by atoms with E-state index in [1.165, 1.54) is 4.68 Å². The zero-order valence-electron chi connectivity index (χ0n) is 15.1. The SMILES string of the molecule is O=c1c(Cl)c(N2CCC(O)(c3ccccc3Cl)CC2)cnn1-c1ccccc1. The van der Waals surface area contributed by atoms with Gasteiger partial charge in [-0.05, 0) is 31.0 Å². The number of hydrogen-bond donors (Lipinski definition) is 1. The predicted molar refractivity (Wildman–Crippen MR) is 112 cm³/mol. The molecule has 1 N–H and O–H groups in total. The molecule has 0 aliphatic carbocycles. The molecule has 0 radical (unpaired) electrons. The van der Waals surface area contributed by atoms with Crippen LogP contribution in [-0.2, 0) is 5.60 Å². The number of benzene rings is 2. The van der Waals surface area contributed by atoms with Crippen molar-refractivity contribution < 1.29 is 5.11 Å². The third-order valence-electron chi connectivity index (χ3n) is 5.21. The summed E-state index contributed by atoms with van der Waals surface area (Å²) in [5.41, 5.74) is 0.624. The van der Waals surface area contributed by atoms with Gasteiger partial charge in [0.1, 0.15) is 5.02 Å². The average molecular weight is 416 g/mol. The maximum atomic E-state index is 12.7. The molecule has 144 valence electrons. The number of aromatic nitrogens is 2. The second kappa shape index (κ2) is 7.59. The summed E-state index contributed by atoms with van der Waals surface area (Å²) in [5.74, 6) is 0. The highest BCUT2D eigenvalue weighted by Gasteiger charge is 2.36. The summed E-state index contributed by atoms with van der Waals surface area (Å²) in [4.78, 5) is 14.7. The lowest BCUT2D eigenvalue weighted by atomic mass is 9.84. The number of hydrogen-bond acceptors (Lipinski definition) is 4. The highest BCUT2D eigenvalue weighted by atomic mass is 35.5. The standard InChI is InChI=1S/C21H19Cl2N3O2/c22-17-9-5-4-8-16(17)21(28)10-12-25(13-11-21)18-14-24-26(20(27)19(18)23)15-6-2-1-3-7-15/h1-9,14,28H,10-13H2. The average Bonchev–Trinajstić information content (AvgIpc) is 2.72. The van der Waals surface area contributed by atoms with Crippen molar-refractivity contribution in [2.24, 2.45) is 0 Å². The number of anilines is 1. The summed E-state index contributed by atoms with van der Waals surface area (Å²) < 4.78 is 1.29. The normalized spacial score (nSPS) is 16.2. The molecule has 1 aromatic heterocycles. The van der Waals surface area contributed by atoms with Crippen LogP contribution < -0.4 is 10.5 Å². The Hall–Kier alpha value is -2.34. The molecule has 0 amide bonds. The minimum Gasteiger partial charge on any atom is -0.385 e. The lowest BCUT2D eigenvalue weighted by Crippen LogP contribution is -2.43. The Morgan fingerprint density at radius 1 is 0.964 bits per heavy atom. The van der Waals surface area contributed by atoms with E-state index >= 15 is 0 Å². The number of nitrogens with zero attached hydrogens (tertiary/aromatic N) is 3. The smallest absolute Gasteiger partial charge is 0.292 e. The lowest BCUT2D eigenvalue weighted by molar-refractivity contribution is 0.0118. The van der Waals surface area contributed by atoms with Crippen LogP contribution in [0.1, 0.15) is 18.4 Å². The van der Waals surface area contributed by atoms with Crippen molar-refractivity contribution in [2.45, 2.75) is 18.4 Å². The van der Waals surface area contributed by atoms with E-state index in [4.69, 9.17) is 23.2 Å². The third kappa shape index (κ3) is 3.41. The Labute approximate surface area is 172 Å². The molecule has 7 heteroatoms. The van der Waals surface area contributed by atoms with E-state index in [1.54, 1.807) is 24.4 Å². The maximum Gasteiger partial charge on any atom is 0.292 e. The van der Waals surface area contributed by atoms with Crippen LogP contribution in [0.25, 0.3) is 5.69 Å². The van der Waals surface area contributed by atoms with Gasteiger partial charge in [-0.3, -0.25) is 4.79 Å². The Balaban J connectivity index is 1.58. The topological polar surface area (TPSA) is 58.4 Å². The summed E-state index contributed by atoms with van der Waals surface area (Å²) in [5, 5.41) is 16.1. The Kier molecular flexibility index (Phi) is 5.15. The van der Waals surface area contributed by atoms with Crippen molar-refractivity contribution in [1.29, 1.82) is 0 Å². The summed E-state index contributed by atoms with van der Waals surface area (Å²) >= 11 is 12.7. The molecule has 0 atom stereocenters. The Morgan fingerprint density at radius 3 is 2.29 bits per heavy atom. The van der Waals surface area contributed by atoms with Crippen LogP contribution in [0, 0.1) is 0 Å². The summed E-state index contributed by atoms with van der Waals surface area (Å²) in [6.07, 6.45) is 2.57. The van der Waals surface area contributed by atoms with E-state index in [0.717, 1.165) is 5.56 Å². The van der Waals surface area contributed by atoms with Gasteiger partial charge in [0.05, 0.1) is 23.2 Å². The van der Waals surface area contributed by atoms with Gasteiger partial charge in [0, 0.05) is 23.7 Å². The summed E-state index contributed by atoms with van der Waals surface area (Å²) in [6.45, 7) is 1.08. The van der Waals surface area contributed by atoms with Crippen LogP contribution in [0.4, 0.5) is 5.69 Å². The van der Waals surface area contributed by atoms with E-state index in [0.29, 0.717) is 42.3 Å². The van der Waals surface area contributed by atoms with Gasteiger partial charge in [-0.15, -0.1) is 0 Å². The molecule has 0 unspecified atom stereocenters. The van der Waals surface area contributed by atoms with E-state index in [1.807, 2.05) is 41.3 Å². The maximum absolute atomic E-state index is 12.7. The molecule has 0 spiro atoms. The van der Waals surface area contributed by atoms with Gasteiger partial charge in [0.25, 0.3) is 5.56 Å². The largest absolute Gasteiger partial charge is 0.385 e. The lowest BCUT2D eigenvalue weighted by Gasteiger charge is -2.40. The number of rotatable bonds is 3. The van der Waals surface area contributed by atoms with Crippen molar-refractivity contribution in [3.05, 3.63) is 86.8 Å². The molecule has 5 nitrogen and oxygen atoms in total. The number of piperidine rings is 1. The van der Waals surface area contributed by atoms with Crippen molar-refractivity contribution in [2.75, 3.05) is 18.0 Å². The van der Waals surface area contributed by atoms with Crippen LogP contribution in [0.15, 0.2) is 65.6 Å². The first-order valence-electron chi connectivity index (χ1n) is 9.05. The molecule has 1 saturated heterocycles. The zero-order chi connectivity index (χ0) is 19.7. The summed E-state index contributed by atoms with van der Waals surface area (Å²) in [6, 6.07) is 16.5. The zero-order valence-corrected chi connectivity index (χ0v) is 16.6. The first-order valence-corrected chi connectivity index (χ1v) is 9.81. The van der Waals surface area contributed by atoms with Crippen molar-refractivity contribution >= 4 is 28.9 Å². The number of halogens is 2. The van der Waals surface area contributed by atoms with Gasteiger partial charge >= 0.3 is 0 Å². The van der Waals surface area contributed by atoms with Crippen LogP contribution in [0.3, 0.4) is 0 Å². The fourth-order valence-corrected chi connectivity index (χ4v) is 4.18. The van der Waals surface area contributed by atoms with Crippen LogP contribution in [0.2, 0.25) is 10.0 Å². The van der Waals surface area contributed by atoms with E-state index < -0.39 is 5.60 Å². The highest BCUT2D eigenvalue weighted by molar-refractivity contribution is 6.33. The second-order valence-electron chi connectivity index (χ2n) is 6.89. The van der Waals surface area contributed by atoms with Gasteiger partial charge in [-0.2, -0.15) is 9.78 Å².